The van der Waals surface area contributed by atoms with Crippen molar-refractivity contribution < 1.29 is 0 Å². The van der Waals surface area contributed by atoms with Gasteiger partial charge in [0.25, 0.3) is 0 Å². The fourth-order valence-electron chi connectivity index (χ4n) is 1.65. The minimum absolute atomic E-state index is 0.767. The monoisotopic (exact) mass is 182 g/mol. The normalized spacial score (nSPS) is 13.8. The van der Waals surface area contributed by atoms with Crippen molar-refractivity contribution in [1.29, 1.82) is 0 Å². The van der Waals surface area contributed by atoms with Gasteiger partial charge in [0.1, 0.15) is 0 Å². The SMILES string of the molecule is CCC(c1ccc(C)s1)C(C)C. The lowest BCUT2D eigenvalue weighted by atomic mass is 9.92. The summed E-state index contributed by atoms with van der Waals surface area (Å²) in [5.74, 6) is 1.54. The molecule has 0 fully saturated rings. The van der Waals surface area contributed by atoms with Gasteiger partial charge in [-0.25, -0.2) is 0 Å². The van der Waals surface area contributed by atoms with E-state index in [-0.39, 0.29) is 0 Å². The van der Waals surface area contributed by atoms with Gasteiger partial charge in [0.15, 0.2) is 0 Å². The van der Waals surface area contributed by atoms with Gasteiger partial charge in [0.05, 0.1) is 0 Å². The first kappa shape index (κ1) is 9.79. The second-order valence-electron chi connectivity index (χ2n) is 3.71. The molecule has 0 aromatic carbocycles. The summed E-state index contributed by atoms with van der Waals surface area (Å²) < 4.78 is 0. The zero-order chi connectivity index (χ0) is 9.14. The molecule has 12 heavy (non-hydrogen) atoms. The molecule has 1 aromatic rings. The summed E-state index contributed by atoms with van der Waals surface area (Å²) in [6.07, 6.45) is 1.26. The van der Waals surface area contributed by atoms with E-state index in [0.717, 1.165) is 11.8 Å². The van der Waals surface area contributed by atoms with Crippen molar-refractivity contribution in [3.05, 3.63) is 21.9 Å². The van der Waals surface area contributed by atoms with Gasteiger partial charge in [-0.3, -0.25) is 0 Å². The Balaban J connectivity index is 2.80. The Morgan fingerprint density at radius 3 is 2.33 bits per heavy atom. The molecule has 0 aliphatic carbocycles. The topological polar surface area (TPSA) is 0 Å². The van der Waals surface area contributed by atoms with Gasteiger partial charge >= 0.3 is 0 Å². The van der Waals surface area contributed by atoms with Crippen LogP contribution in [0.15, 0.2) is 12.1 Å². The number of aryl methyl sites for hydroxylation is 1. The van der Waals surface area contributed by atoms with E-state index in [1.807, 2.05) is 11.3 Å². The largest absolute Gasteiger partial charge is 0.145 e. The molecule has 0 N–H and O–H groups in total. The standard InChI is InChI=1S/C11H18S/c1-5-10(8(2)3)11-7-6-9(4)12-11/h6-8,10H,5H2,1-4H3. The molecular weight excluding hydrogens is 164 g/mol. The molecule has 0 saturated carbocycles. The van der Waals surface area contributed by atoms with Crippen molar-refractivity contribution in [3.63, 3.8) is 0 Å². The van der Waals surface area contributed by atoms with E-state index in [1.165, 1.54) is 11.3 Å². The van der Waals surface area contributed by atoms with E-state index in [1.54, 1.807) is 4.88 Å². The molecule has 0 spiro atoms. The summed E-state index contributed by atoms with van der Waals surface area (Å²) in [5, 5.41) is 0. The predicted octanol–water partition coefficient (Wildman–Crippen LogP) is 4.21. The lowest BCUT2D eigenvalue weighted by molar-refractivity contribution is 0.492. The lowest BCUT2D eigenvalue weighted by Crippen LogP contribution is -2.02. The third-order valence-electron chi connectivity index (χ3n) is 2.37. The van der Waals surface area contributed by atoms with Crippen LogP contribution >= 0.6 is 11.3 Å². The quantitative estimate of drug-likeness (QED) is 0.657. The predicted molar refractivity (Wildman–Crippen MR) is 56.9 cm³/mol. The molecule has 1 unspecified atom stereocenters. The van der Waals surface area contributed by atoms with Crippen LogP contribution in [-0.4, -0.2) is 0 Å². The van der Waals surface area contributed by atoms with Crippen molar-refractivity contribution in [1.82, 2.24) is 0 Å². The van der Waals surface area contributed by atoms with Crippen molar-refractivity contribution in [2.45, 2.75) is 40.0 Å². The molecule has 0 saturated heterocycles. The highest BCUT2D eigenvalue weighted by Gasteiger charge is 2.14. The first-order chi connectivity index (χ1) is 5.65. The zero-order valence-electron chi connectivity index (χ0n) is 8.42. The Labute approximate surface area is 79.6 Å². The number of rotatable bonds is 3. The van der Waals surface area contributed by atoms with Gasteiger partial charge in [0, 0.05) is 9.75 Å². The Morgan fingerprint density at radius 1 is 1.33 bits per heavy atom. The van der Waals surface area contributed by atoms with E-state index >= 15 is 0 Å². The third-order valence-corrected chi connectivity index (χ3v) is 3.50. The van der Waals surface area contributed by atoms with Gasteiger partial charge < -0.3 is 0 Å². The van der Waals surface area contributed by atoms with E-state index in [9.17, 15) is 0 Å². The number of hydrogen-bond donors (Lipinski definition) is 0. The van der Waals surface area contributed by atoms with Gasteiger partial charge in [-0.05, 0) is 37.3 Å². The summed E-state index contributed by atoms with van der Waals surface area (Å²) in [6.45, 7) is 9.08. The highest BCUT2D eigenvalue weighted by atomic mass is 32.1. The molecule has 0 amide bonds. The molecule has 1 heterocycles. The fraction of sp³-hybridized carbons (Fsp3) is 0.636. The number of thiophene rings is 1. The van der Waals surface area contributed by atoms with Crippen LogP contribution in [0.2, 0.25) is 0 Å². The van der Waals surface area contributed by atoms with E-state index in [0.29, 0.717) is 0 Å². The van der Waals surface area contributed by atoms with E-state index in [4.69, 9.17) is 0 Å². The molecule has 0 aliphatic rings. The maximum Gasteiger partial charge on any atom is 0.00814 e. The molecule has 0 aliphatic heterocycles. The van der Waals surface area contributed by atoms with Crippen molar-refractivity contribution >= 4 is 11.3 Å². The molecule has 0 bridgehead atoms. The molecule has 68 valence electrons. The van der Waals surface area contributed by atoms with Crippen LogP contribution in [0.4, 0.5) is 0 Å². The van der Waals surface area contributed by atoms with Crippen LogP contribution < -0.4 is 0 Å². The zero-order valence-corrected chi connectivity index (χ0v) is 9.24. The molecule has 0 radical (unpaired) electrons. The Kier molecular flexibility index (Phi) is 3.33. The number of hydrogen-bond acceptors (Lipinski definition) is 1. The summed E-state index contributed by atoms with van der Waals surface area (Å²) in [4.78, 5) is 2.99. The van der Waals surface area contributed by atoms with Gasteiger partial charge in [-0.2, -0.15) is 0 Å². The van der Waals surface area contributed by atoms with Crippen LogP contribution in [-0.2, 0) is 0 Å². The fourth-order valence-corrected chi connectivity index (χ4v) is 2.89. The molecule has 1 heteroatoms. The summed E-state index contributed by atoms with van der Waals surface area (Å²) in [7, 11) is 0. The smallest absolute Gasteiger partial charge is 0.00814 e. The lowest BCUT2D eigenvalue weighted by Gasteiger charge is -2.16. The minimum Gasteiger partial charge on any atom is -0.145 e. The van der Waals surface area contributed by atoms with Crippen LogP contribution in [0.3, 0.4) is 0 Å². The van der Waals surface area contributed by atoms with Crippen molar-refractivity contribution in [3.8, 4) is 0 Å². The minimum atomic E-state index is 0.767. The molecule has 0 nitrogen and oxygen atoms in total. The highest BCUT2D eigenvalue weighted by molar-refractivity contribution is 7.12. The van der Waals surface area contributed by atoms with Crippen LogP contribution in [0.25, 0.3) is 0 Å². The molecular formula is C11H18S. The Morgan fingerprint density at radius 2 is 2.00 bits per heavy atom. The third kappa shape index (κ3) is 2.10. The summed E-state index contributed by atoms with van der Waals surface area (Å²) in [5.41, 5.74) is 0. The summed E-state index contributed by atoms with van der Waals surface area (Å²) in [6, 6.07) is 4.51. The Bertz CT molecular complexity index is 235. The van der Waals surface area contributed by atoms with E-state index < -0.39 is 0 Å². The van der Waals surface area contributed by atoms with Gasteiger partial charge in [-0.15, -0.1) is 11.3 Å². The summed E-state index contributed by atoms with van der Waals surface area (Å²) >= 11 is 1.95. The molecule has 1 atom stereocenters. The van der Waals surface area contributed by atoms with Crippen LogP contribution in [0, 0.1) is 12.8 Å². The molecule has 1 aromatic heterocycles. The van der Waals surface area contributed by atoms with E-state index in [2.05, 4.69) is 39.8 Å². The average molecular weight is 182 g/mol. The highest BCUT2D eigenvalue weighted by Crippen LogP contribution is 2.32. The first-order valence-corrected chi connectivity index (χ1v) is 5.53. The average Bonchev–Trinajstić information content (AvgIpc) is 2.37. The second-order valence-corrected chi connectivity index (χ2v) is 5.03. The van der Waals surface area contributed by atoms with Crippen LogP contribution in [0.5, 0.6) is 0 Å². The van der Waals surface area contributed by atoms with Crippen LogP contribution in [0.1, 0.15) is 42.9 Å². The first-order valence-electron chi connectivity index (χ1n) is 4.71. The van der Waals surface area contributed by atoms with Crippen molar-refractivity contribution in [2.24, 2.45) is 5.92 Å². The van der Waals surface area contributed by atoms with Crippen molar-refractivity contribution in [2.75, 3.05) is 0 Å². The van der Waals surface area contributed by atoms with Gasteiger partial charge in [0.2, 0.25) is 0 Å². The second kappa shape index (κ2) is 4.08. The Hall–Kier alpha value is -0.300. The van der Waals surface area contributed by atoms with Gasteiger partial charge in [-0.1, -0.05) is 20.8 Å². The molecule has 1 rings (SSSR count). The maximum absolute atomic E-state index is 2.31. The maximum atomic E-state index is 2.31.